The third kappa shape index (κ3) is 4.70. The van der Waals surface area contributed by atoms with Crippen molar-refractivity contribution in [3.05, 3.63) is 95.6 Å². The van der Waals surface area contributed by atoms with Crippen molar-refractivity contribution in [3.8, 4) is 11.4 Å². The predicted molar refractivity (Wildman–Crippen MR) is 159 cm³/mol. The van der Waals surface area contributed by atoms with E-state index in [0.29, 0.717) is 35.6 Å². The lowest BCUT2D eigenvalue weighted by Gasteiger charge is -2.12. The first-order valence-electron chi connectivity index (χ1n) is 13.1. The van der Waals surface area contributed by atoms with Gasteiger partial charge in [-0.15, -0.1) is 0 Å². The van der Waals surface area contributed by atoms with Crippen LogP contribution >= 0.6 is 0 Å². The summed E-state index contributed by atoms with van der Waals surface area (Å²) >= 11 is 0. The van der Waals surface area contributed by atoms with Crippen LogP contribution in [-0.2, 0) is 14.8 Å². The van der Waals surface area contributed by atoms with Crippen LogP contribution in [0.3, 0.4) is 0 Å². The second-order valence-corrected chi connectivity index (χ2v) is 11.7. The molecule has 0 amide bonds. The number of aromatic nitrogens is 5. The molecular weight excluding hydrogens is 556 g/mol. The number of aryl methyl sites for hydroxylation is 2. The largest absolute Gasteiger partial charge is 0.491 e. The number of ether oxygens (including phenoxy) is 2. The van der Waals surface area contributed by atoms with Crippen molar-refractivity contribution in [1.82, 2.24) is 23.7 Å². The Bertz CT molecular complexity index is 2070. The Balaban J connectivity index is 1.47. The van der Waals surface area contributed by atoms with Crippen molar-refractivity contribution < 1.29 is 22.7 Å². The monoisotopic (exact) mass is 584 g/mol. The van der Waals surface area contributed by atoms with Gasteiger partial charge in [-0.05, 0) is 68.4 Å². The molecular formula is C30H28N6O5S. The van der Waals surface area contributed by atoms with Gasteiger partial charge in [0.25, 0.3) is 10.0 Å². The summed E-state index contributed by atoms with van der Waals surface area (Å²) in [4.78, 5) is 21.7. The van der Waals surface area contributed by atoms with Crippen molar-refractivity contribution in [1.29, 1.82) is 0 Å². The summed E-state index contributed by atoms with van der Waals surface area (Å²) in [5, 5.41) is 4.87. The van der Waals surface area contributed by atoms with Crippen molar-refractivity contribution in [3.63, 3.8) is 0 Å². The molecule has 0 aliphatic heterocycles. The molecule has 3 aromatic carbocycles. The molecule has 3 N–H and O–H groups in total. The number of hydrogen-bond acceptors (Lipinski definition) is 8. The Morgan fingerprint density at radius 1 is 1.00 bits per heavy atom. The first kappa shape index (κ1) is 27.2. The molecule has 6 rings (SSSR count). The van der Waals surface area contributed by atoms with Crippen LogP contribution in [0.25, 0.3) is 27.6 Å². The highest BCUT2D eigenvalue weighted by atomic mass is 32.2. The predicted octanol–water partition coefficient (Wildman–Crippen LogP) is 4.40. The normalized spacial score (nSPS) is 11.9. The highest BCUT2D eigenvalue weighted by Crippen LogP contribution is 2.31. The Hall–Kier alpha value is -4.94. The van der Waals surface area contributed by atoms with Crippen LogP contribution in [0.1, 0.15) is 27.4 Å². The summed E-state index contributed by atoms with van der Waals surface area (Å²) in [6.45, 7) is 4.43. The molecule has 12 heteroatoms. The summed E-state index contributed by atoms with van der Waals surface area (Å²) in [5.74, 6) is 0.760. The lowest BCUT2D eigenvalue weighted by atomic mass is 10.1. The van der Waals surface area contributed by atoms with Gasteiger partial charge in [0, 0.05) is 12.5 Å². The fraction of sp³-hybridized carbons (Fsp3) is 0.167. The lowest BCUT2D eigenvalue weighted by molar-refractivity contribution is 0.103. The highest BCUT2D eigenvalue weighted by Gasteiger charge is 2.29. The average molecular weight is 585 g/mol. The molecule has 0 fully saturated rings. The Kier molecular flexibility index (Phi) is 6.79. The van der Waals surface area contributed by atoms with Gasteiger partial charge in [0.2, 0.25) is 5.78 Å². The number of carbonyl (C=O) groups is 1. The zero-order valence-corrected chi connectivity index (χ0v) is 24.0. The molecule has 3 heterocycles. The van der Waals surface area contributed by atoms with Gasteiger partial charge in [-0.2, -0.15) is 5.10 Å². The maximum atomic E-state index is 14.1. The van der Waals surface area contributed by atoms with Crippen molar-refractivity contribution in [2.45, 2.75) is 18.7 Å². The van der Waals surface area contributed by atoms with Crippen molar-refractivity contribution >= 4 is 43.6 Å². The Morgan fingerprint density at radius 3 is 2.55 bits per heavy atom. The van der Waals surface area contributed by atoms with E-state index in [4.69, 9.17) is 15.2 Å². The lowest BCUT2D eigenvalue weighted by Crippen LogP contribution is -2.19. The van der Waals surface area contributed by atoms with Crippen LogP contribution in [-0.4, -0.2) is 58.2 Å². The average Bonchev–Trinajstić information content (AvgIpc) is 3.66. The number of carbonyl (C=O) groups excluding carboxylic acids is 1. The zero-order chi connectivity index (χ0) is 29.6. The molecule has 0 bridgehead atoms. The molecule has 3 aromatic heterocycles. The fourth-order valence-corrected chi connectivity index (χ4v) is 6.38. The van der Waals surface area contributed by atoms with Crippen LogP contribution in [0.5, 0.6) is 5.75 Å². The van der Waals surface area contributed by atoms with Gasteiger partial charge in [-0.1, -0.05) is 17.7 Å². The van der Waals surface area contributed by atoms with Crippen molar-refractivity contribution in [2.75, 3.05) is 26.1 Å². The molecule has 0 saturated heterocycles. The summed E-state index contributed by atoms with van der Waals surface area (Å²) in [7, 11) is -2.61. The standard InChI is InChI=1S/C30H28N6O5S/c1-18-4-8-23(9-5-18)42(38,39)36-27-11-7-22(41-13-12-40-3)14-20(27)15-28(36)29(37)24-17-32-35(30(24)31)21-6-10-25-26(16-21)34-19(2)33-25/h4-11,14-17H,12-13,31H2,1-3H3,(H,33,34). The van der Waals surface area contributed by atoms with Gasteiger partial charge >= 0.3 is 0 Å². The number of nitrogen functional groups attached to an aromatic ring is 1. The van der Waals surface area contributed by atoms with Gasteiger partial charge in [-0.25, -0.2) is 22.1 Å². The van der Waals surface area contributed by atoms with Crippen LogP contribution < -0.4 is 10.5 Å². The maximum absolute atomic E-state index is 14.1. The van der Waals surface area contributed by atoms with E-state index in [2.05, 4.69) is 15.1 Å². The van der Waals surface area contributed by atoms with E-state index >= 15 is 0 Å². The highest BCUT2D eigenvalue weighted by molar-refractivity contribution is 7.90. The number of H-pyrrole nitrogens is 1. The molecule has 42 heavy (non-hydrogen) atoms. The van der Waals surface area contributed by atoms with E-state index in [1.54, 1.807) is 43.5 Å². The second kappa shape index (κ2) is 10.5. The maximum Gasteiger partial charge on any atom is 0.268 e. The van der Waals surface area contributed by atoms with E-state index in [-0.39, 0.29) is 22.0 Å². The minimum atomic E-state index is -4.18. The number of nitrogens with one attached hydrogen (secondary N) is 1. The summed E-state index contributed by atoms with van der Waals surface area (Å²) < 4.78 is 41.3. The first-order valence-corrected chi connectivity index (χ1v) is 14.6. The minimum absolute atomic E-state index is 0.0480. The van der Waals surface area contributed by atoms with Gasteiger partial charge < -0.3 is 20.2 Å². The molecule has 0 radical (unpaired) electrons. The molecule has 0 spiro atoms. The molecule has 214 valence electrons. The SMILES string of the molecule is COCCOc1ccc2c(c1)cc(C(=O)c1cnn(-c3ccc4nc(C)[nH]c4c3)c1N)n2S(=O)(=O)c1ccc(C)cc1. The second-order valence-electron chi connectivity index (χ2n) is 9.88. The number of nitrogens with two attached hydrogens (primary N) is 1. The van der Waals surface area contributed by atoms with E-state index in [1.807, 2.05) is 26.0 Å². The van der Waals surface area contributed by atoms with Gasteiger partial charge in [0.05, 0.1) is 45.5 Å². The third-order valence-corrected chi connectivity index (χ3v) is 8.70. The quantitative estimate of drug-likeness (QED) is 0.188. The van der Waals surface area contributed by atoms with E-state index in [9.17, 15) is 13.2 Å². The van der Waals surface area contributed by atoms with Gasteiger partial charge in [-0.3, -0.25) is 4.79 Å². The number of aromatic amines is 1. The number of nitrogens with zero attached hydrogens (tertiary/aromatic N) is 4. The fourth-order valence-electron chi connectivity index (χ4n) is 4.87. The van der Waals surface area contributed by atoms with E-state index in [0.717, 1.165) is 26.4 Å². The Morgan fingerprint density at radius 2 is 1.79 bits per heavy atom. The number of hydrogen-bond donors (Lipinski definition) is 2. The summed E-state index contributed by atoms with van der Waals surface area (Å²) in [6, 6.07) is 18.4. The van der Waals surface area contributed by atoms with E-state index < -0.39 is 15.8 Å². The summed E-state index contributed by atoms with van der Waals surface area (Å²) in [6.07, 6.45) is 1.35. The Labute approximate surface area is 241 Å². The van der Waals surface area contributed by atoms with E-state index in [1.165, 1.54) is 29.1 Å². The zero-order valence-electron chi connectivity index (χ0n) is 23.2. The first-order chi connectivity index (χ1) is 20.2. The minimum Gasteiger partial charge on any atom is -0.491 e. The number of fused-ring (bicyclic) bond motifs is 2. The number of imidazole rings is 1. The molecule has 0 atom stereocenters. The van der Waals surface area contributed by atoms with Crippen LogP contribution in [0.15, 0.2) is 77.8 Å². The number of rotatable bonds is 9. The number of ketones is 1. The molecule has 11 nitrogen and oxygen atoms in total. The van der Waals surface area contributed by atoms with Crippen LogP contribution in [0.4, 0.5) is 5.82 Å². The molecule has 0 unspecified atom stereocenters. The van der Waals surface area contributed by atoms with Crippen LogP contribution in [0, 0.1) is 13.8 Å². The number of benzene rings is 3. The molecule has 0 aliphatic rings. The van der Waals surface area contributed by atoms with Gasteiger partial charge in [0.1, 0.15) is 29.7 Å². The number of anilines is 1. The number of methoxy groups -OCH3 is 1. The topological polar surface area (TPSA) is 147 Å². The van der Waals surface area contributed by atoms with Crippen LogP contribution in [0.2, 0.25) is 0 Å². The molecule has 0 saturated carbocycles. The summed E-state index contributed by atoms with van der Waals surface area (Å²) in [5.41, 5.74) is 9.87. The molecule has 6 aromatic rings. The molecule has 0 aliphatic carbocycles. The smallest absolute Gasteiger partial charge is 0.268 e. The van der Waals surface area contributed by atoms with Gasteiger partial charge in [0.15, 0.2) is 0 Å². The third-order valence-electron chi connectivity index (χ3n) is 6.96. The van der Waals surface area contributed by atoms with Crippen molar-refractivity contribution in [2.24, 2.45) is 0 Å².